The lowest BCUT2D eigenvalue weighted by atomic mass is 10.3. The van der Waals surface area contributed by atoms with E-state index < -0.39 is 0 Å². The number of imidazole rings is 1. The third-order valence-electron chi connectivity index (χ3n) is 1.31. The number of nitrogens with zero attached hydrogens (tertiary/aromatic N) is 2. The van der Waals surface area contributed by atoms with Gasteiger partial charge in [0.1, 0.15) is 0 Å². The van der Waals surface area contributed by atoms with E-state index in [1.807, 2.05) is 6.20 Å². The highest BCUT2D eigenvalue weighted by Gasteiger charge is 1.96. The number of nitrogens with one attached hydrogen (secondary N) is 2. The van der Waals surface area contributed by atoms with E-state index in [0.717, 1.165) is 11.3 Å². The number of aromatic nitrogens is 4. The molecule has 2 heterocycles. The Morgan fingerprint density at radius 3 is 2.90 bits per heavy atom. The predicted octanol–water partition coefficient (Wildman–Crippen LogP) is 0.800. The van der Waals surface area contributed by atoms with Gasteiger partial charge in [-0.3, -0.25) is 5.10 Å². The summed E-state index contributed by atoms with van der Waals surface area (Å²) in [5.41, 5.74) is 2.01. The topological polar surface area (TPSA) is 57.4 Å². The van der Waals surface area contributed by atoms with E-state index in [9.17, 15) is 0 Å². The van der Waals surface area contributed by atoms with Crippen molar-refractivity contribution in [3.63, 3.8) is 0 Å². The van der Waals surface area contributed by atoms with Crippen molar-refractivity contribution in [2.75, 3.05) is 0 Å². The van der Waals surface area contributed by atoms with Gasteiger partial charge in [-0.2, -0.15) is 5.10 Å². The highest BCUT2D eigenvalue weighted by molar-refractivity contribution is 5.54. The van der Waals surface area contributed by atoms with Crippen molar-refractivity contribution in [2.24, 2.45) is 0 Å². The van der Waals surface area contributed by atoms with Gasteiger partial charge < -0.3 is 4.98 Å². The van der Waals surface area contributed by atoms with E-state index in [1.165, 1.54) is 0 Å². The maximum absolute atomic E-state index is 3.88. The van der Waals surface area contributed by atoms with Gasteiger partial charge in [-0.15, -0.1) is 0 Å². The van der Waals surface area contributed by atoms with E-state index in [2.05, 4.69) is 20.2 Å². The summed E-state index contributed by atoms with van der Waals surface area (Å²) < 4.78 is 0. The molecular weight excluding hydrogens is 128 g/mol. The number of rotatable bonds is 1. The molecule has 2 aromatic heterocycles. The Hall–Kier alpha value is -1.58. The molecule has 0 amide bonds. The van der Waals surface area contributed by atoms with Gasteiger partial charge in [0.05, 0.1) is 24.4 Å². The van der Waals surface area contributed by atoms with Crippen LogP contribution in [0.15, 0.2) is 24.9 Å². The van der Waals surface area contributed by atoms with Crippen LogP contribution in [0.4, 0.5) is 0 Å². The van der Waals surface area contributed by atoms with Gasteiger partial charge >= 0.3 is 0 Å². The number of aromatic amines is 2. The number of hydrogen-bond acceptors (Lipinski definition) is 2. The molecule has 0 aliphatic rings. The molecule has 10 heavy (non-hydrogen) atoms. The van der Waals surface area contributed by atoms with Crippen LogP contribution in [0.2, 0.25) is 0 Å². The average molecular weight is 134 g/mol. The second-order valence-corrected chi connectivity index (χ2v) is 1.95. The summed E-state index contributed by atoms with van der Waals surface area (Å²) in [5.74, 6) is 0. The van der Waals surface area contributed by atoms with E-state index >= 15 is 0 Å². The Labute approximate surface area is 57.3 Å². The molecule has 0 spiro atoms. The number of H-pyrrole nitrogens is 2. The molecule has 0 aromatic carbocycles. The first kappa shape index (κ1) is 5.22. The van der Waals surface area contributed by atoms with Crippen LogP contribution in [-0.4, -0.2) is 20.2 Å². The second-order valence-electron chi connectivity index (χ2n) is 1.95. The molecule has 0 bridgehead atoms. The third-order valence-corrected chi connectivity index (χ3v) is 1.31. The quantitative estimate of drug-likeness (QED) is 0.606. The first-order valence-corrected chi connectivity index (χ1v) is 2.94. The van der Waals surface area contributed by atoms with E-state index in [-0.39, 0.29) is 0 Å². The summed E-state index contributed by atoms with van der Waals surface area (Å²) in [4.78, 5) is 6.85. The van der Waals surface area contributed by atoms with Crippen LogP contribution in [0.25, 0.3) is 11.3 Å². The maximum Gasteiger partial charge on any atom is 0.0924 e. The summed E-state index contributed by atoms with van der Waals surface area (Å²) in [6.45, 7) is 0. The minimum Gasteiger partial charge on any atom is -0.345 e. The second kappa shape index (κ2) is 1.98. The van der Waals surface area contributed by atoms with Crippen LogP contribution >= 0.6 is 0 Å². The minimum atomic E-state index is 0.980. The lowest BCUT2D eigenvalue weighted by molar-refractivity contribution is 1.09. The molecule has 4 heteroatoms. The van der Waals surface area contributed by atoms with Crippen molar-refractivity contribution < 1.29 is 0 Å². The van der Waals surface area contributed by atoms with Gasteiger partial charge in [0.25, 0.3) is 0 Å². The normalized spacial score (nSPS) is 10.0. The molecule has 0 unspecified atom stereocenters. The molecule has 2 N–H and O–H groups in total. The average Bonchev–Trinajstić information content (AvgIpc) is 2.59. The summed E-state index contributed by atoms with van der Waals surface area (Å²) in [6, 6.07) is 0. The van der Waals surface area contributed by atoms with Gasteiger partial charge in [0, 0.05) is 11.8 Å². The first-order valence-electron chi connectivity index (χ1n) is 2.94. The Bertz CT molecular complexity index is 249. The molecule has 50 valence electrons. The highest BCUT2D eigenvalue weighted by Crippen LogP contribution is 2.11. The van der Waals surface area contributed by atoms with Crippen molar-refractivity contribution in [1.29, 1.82) is 0 Å². The van der Waals surface area contributed by atoms with E-state index in [1.54, 1.807) is 18.7 Å². The van der Waals surface area contributed by atoms with Crippen molar-refractivity contribution >= 4 is 0 Å². The molecule has 0 saturated carbocycles. The summed E-state index contributed by atoms with van der Waals surface area (Å²) in [5, 5.41) is 6.53. The zero-order chi connectivity index (χ0) is 6.81. The van der Waals surface area contributed by atoms with Crippen LogP contribution in [0.3, 0.4) is 0 Å². The van der Waals surface area contributed by atoms with Gasteiger partial charge in [-0.25, -0.2) is 4.98 Å². The smallest absolute Gasteiger partial charge is 0.0924 e. The van der Waals surface area contributed by atoms with Crippen LogP contribution in [0.1, 0.15) is 0 Å². The summed E-state index contributed by atoms with van der Waals surface area (Å²) in [6.07, 6.45) is 6.95. The molecule has 0 aliphatic carbocycles. The Morgan fingerprint density at radius 2 is 2.30 bits per heavy atom. The standard InChI is InChI=1S/C6H6N4/c1-5(2-10-9-1)6-3-7-4-8-6/h1-4H,(H,7,8)(H,9,10). The summed E-state index contributed by atoms with van der Waals surface area (Å²) >= 11 is 0. The molecule has 2 aromatic rings. The van der Waals surface area contributed by atoms with Crippen LogP contribution < -0.4 is 0 Å². The Balaban J connectivity index is 2.48. The predicted molar refractivity (Wildman–Crippen MR) is 36.2 cm³/mol. The van der Waals surface area contributed by atoms with Crippen LogP contribution in [-0.2, 0) is 0 Å². The summed E-state index contributed by atoms with van der Waals surface area (Å²) in [7, 11) is 0. The van der Waals surface area contributed by atoms with Crippen molar-refractivity contribution in [3.8, 4) is 11.3 Å². The van der Waals surface area contributed by atoms with Crippen molar-refractivity contribution in [1.82, 2.24) is 20.2 Å². The van der Waals surface area contributed by atoms with Crippen LogP contribution in [0, 0.1) is 0 Å². The number of hydrogen-bond donors (Lipinski definition) is 2. The molecule has 0 fully saturated rings. The fourth-order valence-corrected chi connectivity index (χ4v) is 0.812. The lowest BCUT2D eigenvalue weighted by Gasteiger charge is -1.84. The van der Waals surface area contributed by atoms with E-state index in [0.29, 0.717) is 0 Å². The minimum absolute atomic E-state index is 0.980. The third kappa shape index (κ3) is 0.699. The molecule has 0 atom stereocenters. The van der Waals surface area contributed by atoms with Crippen LogP contribution in [0.5, 0.6) is 0 Å². The molecule has 4 nitrogen and oxygen atoms in total. The zero-order valence-electron chi connectivity index (χ0n) is 5.20. The molecule has 0 aliphatic heterocycles. The molecular formula is C6H6N4. The van der Waals surface area contributed by atoms with Crippen molar-refractivity contribution in [3.05, 3.63) is 24.9 Å². The Kier molecular flexibility index (Phi) is 1.04. The molecule has 0 radical (unpaired) electrons. The van der Waals surface area contributed by atoms with Gasteiger partial charge in [0.15, 0.2) is 0 Å². The monoisotopic (exact) mass is 134 g/mol. The molecule has 2 rings (SSSR count). The largest absolute Gasteiger partial charge is 0.345 e. The SMILES string of the molecule is c1ncc(-c2cn[nH]c2)[nH]1. The highest BCUT2D eigenvalue weighted by atomic mass is 15.1. The lowest BCUT2D eigenvalue weighted by Crippen LogP contribution is -1.68. The van der Waals surface area contributed by atoms with Gasteiger partial charge in [0.2, 0.25) is 0 Å². The molecule has 0 saturated heterocycles. The zero-order valence-corrected chi connectivity index (χ0v) is 5.20. The Morgan fingerprint density at radius 1 is 1.30 bits per heavy atom. The van der Waals surface area contributed by atoms with Gasteiger partial charge in [-0.05, 0) is 0 Å². The maximum atomic E-state index is 3.88. The van der Waals surface area contributed by atoms with E-state index in [4.69, 9.17) is 0 Å². The first-order chi connectivity index (χ1) is 4.97. The van der Waals surface area contributed by atoms with Crippen molar-refractivity contribution in [2.45, 2.75) is 0 Å². The fourth-order valence-electron chi connectivity index (χ4n) is 0.812. The fraction of sp³-hybridized carbons (Fsp3) is 0. The van der Waals surface area contributed by atoms with Gasteiger partial charge in [-0.1, -0.05) is 0 Å².